The lowest BCUT2D eigenvalue weighted by Crippen LogP contribution is -2.39. The van der Waals surface area contributed by atoms with Crippen molar-refractivity contribution in [1.82, 2.24) is 10.2 Å². The van der Waals surface area contributed by atoms with Gasteiger partial charge in [-0.05, 0) is 49.4 Å². The number of rotatable bonds is 7. The topological polar surface area (TPSA) is 61.4 Å². The number of halogens is 4. The Balaban J connectivity index is 1.78. The van der Waals surface area contributed by atoms with Crippen LogP contribution in [0.3, 0.4) is 0 Å². The van der Waals surface area contributed by atoms with Crippen LogP contribution in [0.4, 0.5) is 18.9 Å². The normalized spacial score (nSPS) is 11.4. The number of anilines is 1. The van der Waals surface area contributed by atoms with Crippen molar-refractivity contribution in [1.29, 1.82) is 0 Å². The van der Waals surface area contributed by atoms with E-state index in [1.807, 2.05) is 0 Å². The van der Waals surface area contributed by atoms with Gasteiger partial charge in [-0.25, -0.2) is 0 Å². The molecule has 2 aromatic rings. The molecule has 2 aromatic carbocycles. The van der Waals surface area contributed by atoms with Crippen molar-refractivity contribution in [2.24, 2.45) is 0 Å². The Bertz CT molecular complexity index is 870. The zero-order chi connectivity index (χ0) is 21.6. The van der Waals surface area contributed by atoms with Gasteiger partial charge in [-0.2, -0.15) is 13.2 Å². The molecule has 5 nitrogen and oxygen atoms in total. The molecule has 0 aliphatic heterocycles. The van der Waals surface area contributed by atoms with Crippen LogP contribution < -0.4 is 10.6 Å². The first-order chi connectivity index (χ1) is 13.6. The van der Waals surface area contributed by atoms with Crippen LogP contribution in [0.2, 0.25) is 5.02 Å². The summed E-state index contributed by atoms with van der Waals surface area (Å²) < 4.78 is 37.7. The summed E-state index contributed by atoms with van der Waals surface area (Å²) in [5.41, 5.74) is 1.21. The molecule has 0 atom stereocenters. The van der Waals surface area contributed by atoms with Gasteiger partial charge in [0.15, 0.2) is 0 Å². The monoisotopic (exact) mass is 427 g/mol. The number of amides is 2. The molecule has 0 saturated heterocycles. The maximum absolute atomic E-state index is 12.6. The largest absolute Gasteiger partial charge is 0.416 e. The van der Waals surface area contributed by atoms with Crippen molar-refractivity contribution in [3.8, 4) is 0 Å². The Morgan fingerprint density at radius 3 is 2.34 bits per heavy atom. The third-order valence-corrected chi connectivity index (χ3v) is 4.54. The van der Waals surface area contributed by atoms with Crippen LogP contribution in [0.1, 0.15) is 16.7 Å². The number of hydrogen-bond acceptors (Lipinski definition) is 3. The summed E-state index contributed by atoms with van der Waals surface area (Å²) in [7, 11) is 1.66. The second-order valence-corrected chi connectivity index (χ2v) is 7.01. The summed E-state index contributed by atoms with van der Waals surface area (Å²) >= 11 is 6.00. The van der Waals surface area contributed by atoms with E-state index in [0.717, 1.165) is 17.7 Å². The average molecular weight is 428 g/mol. The van der Waals surface area contributed by atoms with Crippen LogP contribution in [0.25, 0.3) is 0 Å². The van der Waals surface area contributed by atoms with Crippen LogP contribution in [0.5, 0.6) is 0 Å². The van der Waals surface area contributed by atoms with E-state index < -0.39 is 17.6 Å². The third-order valence-electron chi connectivity index (χ3n) is 4.14. The van der Waals surface area contributed by atoms with Gasteiger partial charge in [-0.15, -0.1) is 0 Å². The molecule has 2 rings (SSSR count). The molecule has 0 bridgehead atoms. The van der Waals surface area contributed by atoms with E-state index in [1.165, 1.54) is 12.1 Å². The fourth-order valence-electron chi connectivity index (χ4n) is 2.58. The lowest BCUT2D eigenvalue weighted by molar-refractivity contribution is -0.137. The van der Waals surface area contributed by atoms with E-state index in [0.29, 0.717) is 22.8 Å². The summed E-state index contributed by atoms with van der Waals surface area (Å²) in [6.45, 7) is 1.84. The van der Waals surface area contributed by atoms with Crippen LogP contribution in [-0.4, -0.2) is 36.9 Å². The molecule has 0 aliphatic rings. The first-order valence-corrected chi connectivity index (χ1v) is 9.10. The zero-order valence-electron chi connectivity index (χ0n) is 15.9. The second kappa shape index (κ2) is 9.76. The summed E-state index contributed by atoms with van der Waals surface area (Å²) in [6, 6.07) is 9.88. The Kier molecular flexibility index (Phi) is 7.64. The number of carbonyl (C=O) groups excluding carboxylic acids is 2. The number of nitrogens with one attached hydrogen (secondary N) is 2. The van der Waals surface area contributed by atoms with Gasteiger partial charge in [-0.3, -0.25) is 14.5 Å². The van der Waals surface area contributed by atoms with E-state index >= 15 is 0 Å². The number of likely N-dealkylation sites (N-methyl/N-ethyl adjacent to an activating group) is 1. The van der Waals surface area contributed by atoms with Gasteiger partial charge in [0.05, 0.1) is 18.7 Å². The quantitative estimate of drug-likeness (QED) is 0.705. The zero-order valence-corrected chi connectivity index (χ0v) is 16.7. The number of nitrogens with zero attached hydrogens (tertiary/aromatic N) is 1. The molecule has 0 aromatic heterocycles. The van der Waals surface area contributed by atoms with Gasteiger partial charge in [-0.1, -0.05) is 29.8 Å². The SMILES string of the molecule is Cc1c(Cl)cccc1NC(=O)CNC(=O)CN(C)Cc1ccc(C(F)(F)F)cc1. The van der Waals surface area contributed by atoms with E-state index in [1.54, 1.807) is 37.1 Å². The summed E-state index contributed by atoms with van der Waals surface area (Å²) in [5.74, 6) is -0.772. The van der Waals surface area contributed by atoms with Crippen molar-refractivity contribution in [2.75, 3.05) is 25.5 Å². The molecule has 0 unspecified atom stereocenters. The summed E-state index contributed by atoms with van der Waals surface area (Å²) in [5, 5.41) is 5.71. The van der Waals surface area contributed by atoms with E-state index in [2.05, 4.69) is 10.6 Å². The molecule has 0 radical (unpaired) electrons. The molecular formula is C20H21ClF3N3O2. The van der Waals surface area contributed by atoms with Crippen LogP contribution >= 0.6 is 11.6 Å². The van der Waals surface area contributed by atoms with E-state index in [9.17, 15) is 22.8 Å². The highest BCUT2D eigenvalue weighted by Crippen LogP contribution is 2.29. The van der Waals surface area contributed by atoms with Gasteiger partial charge in [0, 0.05) is 17.3 Å². The van der Waals surface area contributed by atoms with Crippen LogP contribution in [-0.2, 0) is 22.3 Å². The maximum atomic E-state index is 12.6. The van der Waals surface area contributed by atoms with Crippen molar-refractivity contribution < 1.29 is 22.8 Å². The lowest BCUT2D eigenvalue weighted by Gasteiger charge is -2.17. The third kappa shape index (κ3) is 7.07. The molecule has 0 saturated carbocycles. The summed E-state index contributed by atoms with van der Waals surface area (Å²) in [6.07, 6.45) is -4.38. The Morgan fingerprint density at radius 2 is 1.72 bits per heavy atom. The van der Waals surface area contributed by atoms with Gasteiger partial charge >= 0.3 is 6.18 Å². The fraction of sp³-hybridized carbons (Fsp3) is 0.300. The van der Waals surface area contributed by atoms with Crippen molar-refractivity contribution in [3.05, 3.63) is 64.2 Å². The molecule has 2 amide bonds. The molecule has 156 valence electrons. The van der Waals surface area contributed by atoms with Gasteiger partial charge < -0.3 is 10.6 Å². The molecule has 0 heterocycles. The van der Waals surface area contributed by atoms with E-state index in [4.69, 9.17) is 11.6 Å². The minimum absolute atomic E-state index is 0.00943. The molecule has 9 heteroatoms. The minimum atomic E-state index is -4.38. The molecule has 0 fully saturated rings. The van der Waals surface area contributed by atoms with Crippen molar-refractivity contribution in [3.63, 3.8) is 0 Å². The first kappa shape index (κ1) is 22.7. The highest BCUT2D eigenvalue weighted by atomic mass is 35.5. The second-order valence-electron chi connectivity index (χ2n) is 6.60. The van der Waals surface area contributed by atoms with Crippen molar-refractivity contribution >= 4 is 29.1 Å². The molecule has 2 N–H and O–H groups in total. The van der Waals surface area contributed by atoms with Crippen molar-refractivity contribution in [2.45, 2.75) is 19.6 Å². The Labute approximate surface area is 171 Å². The average Bonchev–Trinajstić information content (AvgIpc) is 2.63. The number of alkyl halides is 3. The summed E-state index contributed by atoms with van der Waals surface area (Å²) in [4.78, 5) is 25.6. The standard InChI is InChI=1S/C20H21ClF3N3O2/c1-13-16(21)4-3-5-17(13)26-18(28)10-25-19(29)12-27(2)11-14-6-8-15(9-7-14)20(22,23)24/h3-9H,10-12H2,1-2H3,(H,25,29)(H,26,28). The van der Waals surface area contributed by atoms with Crippen LogP contribution in [0, 0.1) is 6.92 Å². The van der Waals surface area contributed by atoms with E-state index in [-0.39, 0.29) is 19.0 Å². The molecule has 0 spiro atoms. The molecular weight excluding hydrogens is 407 g/mol. The molecule has 29 heavy (non-hydrogen) atoms. The number of carbonyl (C=O) groups is 2. The number of benzene rings is 2. The number of hydrogen-bond donors (Lipinski definition) is 2. The van der Waals surface area contributed by atoms with Gasteiger partial charge in [0.1, 0.15) is 0 Å². The smallest absolute Gasteiger partial charge is 0.346 e. The minimum Gasteiger partial charge on any atom is -0.346 e. The predicted molar refractivity (Wildman–Crippen MR) is 106 cm³/mol. The lowest BCUT2D eigenvalue weighted by atomic mass is 10.1. The van der Waals surface area contributed by atoms with Gasteiger partial charge in [0.2, 0.25) is 11.8 Å². The maximum Gasteiger partial charge on any atom is 0.416 e. The Morgan fingerprint density at radius 1 is 1.07 bits per heavy atom. The highest BCUT2D eigenvalue weighted by Gasteiger charge is 2.29. The highest BCUT2D eigenvalue weighted by molar-refractivity contribution is 6.31. The predicted octanol–water partition coefficient (Wildman–Crippen LogP) is 3.85. The fourth-order valence-corrected chi connectivity index (χ4v) is 2.76. The first-order valence-electron chi connectivity index (χ1n) is 8.72. The molecule has 0 aliphatic carbocycles. The van der Waals surface area contributed by atoms with Gasteiger partial charge in [0.25, 0.3) is 0 Å². The van der Waals surface area contributed by atoms with Crippen LogP contribution in [0.15, 0.2) is 42.5 Å². The Hall–Kier alpha value is -2.58.